The number of rotatable bonds is 2. The van der Waals surface area contributed by atoms with Crippen molar-refractivity contribution >= 4 is 11.6 Å². The minimum absolute atomic E-state index is 0.0207. The average molecular weight is 249 g/mol. The van der Waals surface area contributed by atoms with Crippen molar-refractivity contribution in [3.8, 4) is 6.07 Å². The summed E-state index contributed by atoms with van der Waals surface area (Å²) in [6, 6.07) is 2.31. The molecule has 0 aromatic heterocycles. The summed E-state index contributed by atoms with van der Waals surface area (Å²) in [6.07, 6.45) is 2.40. The first-order chi connectivity index (χ1) is 8.42. The third-order valence-corrected chi connectivity index (χ3v) is 5.31. The Morgan fingerprint density at radius 1 is 1.56 bits per heavy atom. The monoisotopic (exact) mass is 249 g/mol. The molecule has 0 aromatic rings. The van der Waals surface area contributed by atoms with Gasteiger partial charge in [0.1, 0.15) is 12.4 Å². The van der Waals surface area contributed by atoms with Gasteiger partial charge in [0.05, 0.1) is 11.5 Å². The smallest absolute Gasteiger partial charge is 0.165 e. The topological polar surface area (TPSA) is 78.2 Å². The van der Waals surface area contributed by atoms with Crippen LogP contribution >= 0.6 is 0 Å². The molecule has 4 atom stereocenters. The maximum absolute atomic E-state index is 12.2. The molecule has 0 unspecified atom stereocenters. The standard InChI is InChI=1S/C14H19NO3/c1-9-3-5-14(8-15)6-4-10(17)12(14)13(9,2)11(18)7-16/h9,12,16H,3-7H2,1-2H3/t9-,12-,13+,14+/m1/s1. The van der Waals surface area contributed by atoms with E-state index in [4.69, 9.17) is 0 Å². The maximum Gasteiger partial charge on any atom is 0.165 e. The van der Waals surface area contributed by atoms with Gasteiger partial charge < -0.3 is 5.11 Å². The molecule has 0 radical (unpaired) electrons. The minimum atomic E-state index is -0.879. The highest BCUT2D eigenvalue weighted by Crippen LogP contribution is 2.60. The van der Waals surface area contributed by atoms with Crippen molar-refractivity contribution in [3.63, 3.8) is 0 Å². The maximum atomic E-state index is 12.2. The van der Waals surface area contributed by atoms with Crippen LogP contribution in [0.3, 0.4) is 0 Å². The van der Waals surface area contributed by atoms with E-state index in [2.05, 4.69) is 6.07 Å². The Balaban J connectivity index is 2.53. The lowest BCUT2D eigenvalue weighted by Crippen LogP contribution is -2.53. The van der Waals surface area contributed by atoms with E-state index >= 15 is 0 Å². The second-order valence-corrected chi connectivity index (χ2v) is 5.97. The van der Waals surface area contributed by atoms with Gasteiger partial charge in [-0.3, -0.25) is 9.59 Å². The third kappa shape index (κ3) is 1.47. The van der Waals surface area contributed by atoms with Crippen molar-refractivity contribution in [1.82, 2.24) is 0 Å². The summed E-state index contributed by atoms with van der Waals surface area (Å²) in [5.41, 5.74) is -1.56. The number of hydrogen-bond donors (Lipinski definition) is 1. The van der Waals surface area contributed by atoms with Gasteiger partial charge in [-0.2, -0.15) is 5.26 Å². The number of ketones is 2. The quantitative estimate of drug-likeness (QED) is 0.804. The predicted octanol–water partition coefficient (Wildman–Crippen LogP) is 1.47. The van der Waals surface area contributed by atoms with Crippen LogP contribution in [0.15, 0.2) is 0 Å². The Kier molecular flexibility index (Phi) is 3.06. The highest BCUT2D eigenvalue weighted by molar-refractivity contribution is 5.95. The molecule has 2 saturated carbocycles. The number of Topliss-reactive ketones (excluding diaryl/α,β-unsaturated/α-hetero) is 2. The van der Waals surface area contributed by atoms with E-state index < -0.39 is 23.4 Å². The fourth-order valence-corrected chi connectivity index (χ4v) is 3.96. The van der Waals surface area contributed by atoms with Crippen molar-refractivity contribution in [2.45, 2.75) is 39.5 Å². The number of hydrogen-bond acceptors (Lipinski definition) is 4. The highest BCUT2D eigenvalue weighted by Gasteiger charge is 2.63. The number of aliphatic hydroxyl groups is 1. The Labute approximate surface area is 107 Å². The molecule has 0 aliphatic heterocycles. The molecule has 0 amide bonds. The van der Waals surface area contributed by atoms with Crippen LogP contribution in [0.1, 0.15) is 39.5 Å². The third-order valence-electron chi connectivity index (χ3n) is 5.31. The normalized spacial score (nSPS) is 43.3. The Morgan fingerprint density at radius 3 is 2.78 bits per heavy atom. The molecule has 1 N–H and O–H groups in total. The van der Waals surface area contributed by atoms with Crippen LogP contribution in [0, 0.1) is 34.0 Å². The zero-order chi connectivity index (χ0) is 13.6. The molecular formula is C14H19NO3. The van der Waals surface area contributed by atoms with Crippen molar-refractivity contribution in [3.05, 3.63) is 0 Å². The van der Waals surface area contributed by atoms with Crippen molar-refractivity contribution in [1.29, 1.82) is 5.26 Å². The molecule has 2 fully saturated rings. The summed E-state index contributed by atoms with van der Waals surface area (Å²) in [5, 5.41) is 18.7. The second kappa shape index (κ2) is 4.17. The first-order valence-electron chi connectivity index (χ1n) is 6.50. The summed E-state index contributed by atoms with van der Waals surface area (Å²) >= 11 is 0. The Bertz CT molecular complexity index is 439. The summed E-state index contributed by atoms with van der Waals surface area (Å²) < 4.78 is 0. The fourth-order valence-electron chi connectivity index (χ4n) is 3.96. The molecule has 0 spiro atoms. The van der Waals surface area contributed by atoms with Gasteiger partial charge in [-0.15, -0.1) is 0 Å². The summed E-state index contributed by atoms with van der Waals surface area (Å²) in [5.74, 6) is -0.772. The lowest BCUT2D eigenvalue weighted by Gasteiger charge is -2.48. The first-order valence-corrected chi connectivity index (χ1v) is 6.50. The molecule has 2 aliphatic carbocycles. The summed E-state index contributed by atoms with van der Waals surface area (Å²) in [7, 11) is 0. The number of aliphatic hydroxyl groups excluding tert-OH is 1. The molecule has 2 rings (SSSR count). The van der Waals surface area contributed by atoms with Crippen molar-refractivity contribution < 1.29 is 14.7 Å². The largest absolute Gasteiger partial charge is 0.389 e. The van der Waals surface area contributed by atoms with E-state index in [9.17, 15) is 20.0 Å². The zero-order valence-electron chi connectivity index (χ0n) is 10.9. The molecule has 18 heavy (non-hydrogen) atoms. The van der Waals surface area contributed by atoms with E-state index in [0.717, 1.165) is 6.42 Å². The van der Waals surface area contributed by atoms with Crippen LogP contribution in [0.25, 0.3) is 0 Å². The van der Waals surface area contributed by atoms with Crippen molar-refractivity contribution in [2.75, 3.05) is 6.61 Å². The molecule has 0 heterocycles. The van der Waals surface area contributed by atoms with Crippen LogP contribution in [0.4, 0.5) is 0 Å². The number of fused-ring (bicyclic) bond motifs is 1. The number of nitrogens with zero attached hydrogens (tertiary/aromatic N) is 1. The van der Waals surface area contributed by atoms with Crippen LogP contribution in [-0.4, -0.2) is 23.3 Å². The molecule has 4 nitrogen and oxygen atoms in total. The van der Waals surface area contributed by atoms with E-state index in [1.54, 1.807) is 6.92 Å². The van der Waals surface area contributed by atoms with Crippen LogP contribution in [-0.2, 0) is 9.59 Å². The van der Waals surface area contributed by atoms with Gasteiger partial charge in [-0.1, -0.05) is 13.8 Å². The van der Waals surface area contributed by atoms with E-state index in [0.29, 0.717) is 19.3 Å². The second-order valence-electron chi connectivity index (χ2n) is 5.97. The number of carbonyl (C=O) groups excluding carboxylic acids is 2. The fraction of sp³-hybridized carbons (Fsp3) is 0.786. The molecule has 0 saturated heterocycles. The SMILES string of the molecule is C[C@@H]1CC[C@@]2(C#N)CCC(=O)[C@@H]2[C@]1(C)C(=O)CO. The van der Waals surface area contributed by atoms with Gasteiger partial charge >= 0.3 is 0 Å². The zero-order valence-corrected chi connectivity index (χ0v) is 10.9. The van der Waals surface area contributed by atoms with E-state index in [1.165, 1.54) is 0 Å². The minimum Gasteiger partial charge on any atom is -0.389 e. The van der Waals surface area contributed by atoms with Gasteiger partial charge in [0.15, 0.2) is 5.78 Å². The van der Waals surface area contributed by atoms with Gasteiger partial charge in [-0.25, -0.2) is 0 Å². The van der Waals surface area contributed by atoms with Gasteiger partial charge in [0.25, 0.3) is 0 Å². The van der Waals surface area contributed by atoms with Crippen molar-refractivity contribution in [2.24, 2.45) is 22.7 Å². The highest BCUT2D eigenvalue weighted by atomic mass is 16.3. The van der Waals surface area contributed by atoms with Gasteiger partial charge in [-0.05, 0) is 25.2 Å². The molecule has 0 bridgehead atoms. The molecule has 98 valence electrons. The lowest BCUT2D eigenvalue weighted by atomic mass is 9.51. The molecule has 2 aliphatic rings. The van der Waals surface area contributed by atoms with Crippen LogP contribution in [0.2, 0.25) is 0 Å². The number of nitriles is 1. The first kappa shape index (κ1) is 13.2. The molecule has 4 heteroatoms. The predicted molar refractivity (Wildman–Crippen MR) is 64.4 cm³/mol. The molecular weight excluding hydrogens is 230 g/mol. The Hall–Kier alpha value is -1.21. The van der Waals surface area contributed by atoms with E-state index in [1.807, 2.05) is 6.92 Å². The van der Waals surface area contributed by atoms with Gasteiger partial charge in [0, 0.05) is 17.8 Å². The molecule has 0 aromatic carbocycles. The summed E-state index contributed by atoms with van der Waals surface area (Å²) in [4.78, 5) is 24.3. The number of carbonyl (C=O) groups is 2. The Morgan fingerprint density at radius 2 is 2.22 bits per heavy atom. The van der Waals surface area contributed by atoms with E-state index in [-0.39, 0.29) is 17.5 Å². The average Bonchev–Trinajstić information content (AvgIpc) is 2.72. The summed E-state index contributed by atoms with van der Waals surface area (Å²) in [6.45, 7) is 3.15. The lowest BCUT2D eigenvalue weighted by molar-refractivity contribution is -0.150. The van der Waals surface area contributed by atoms with Crippen LogP contribution in [0.5, 0.6) is 0 Å². The van der Waals surface area contributed by atoms with Gasteiger partial charge in [0.2, 0.25) is 0 Å². The van der Waals surface area contributed by atoms with Crippen LogP contribution < -0.4 is 0 Å².